The lowest BCUT2D eigenvalue weighted by molar-refractivity contribution is -0.138. The van der Waals surface area contributed by atoms with E-state index < -0.39 is 5.97 Å². The van der Waals surface area contributed by atoms with E-state index in [4.69, 9.17) is 14.6 Å². The summed E-state index contributed by atoms with van der Waals surface area (Å²) in [7, 11) is 0. The molecule has 0 bridgehead atoms. The van der Waals surface area contributed by atoms with E-state index in [-0.39, 0.29) is 18.7 Å². The molecule has 0 spiro atoms. The Balaban J connectivity index is 2.70. The first kappa shape index (κ1) is 20.9. The number of rotatable bonds is 13. The van der Waals surface area contributed by atoms with Gasteiger partial charge in [-0.3, -0.25) is 9.59 Å². The lowest BCUT2D eigenvalue weighted by Crippen LogP contribution is -2.31. The summed E-state index contributed by atoms with van der Waals surface area (Å²) in [5, 5.41) is 11.4. The first-order valence-corrected chi connectivity index (χ1v) is 8.59. The second-order valence-corrected chi connectivity index (χ2v) is 5.37. The van der Waals surface area contributed by atoms with Crippen LogP contribution in [-0.4, -0.2) is 56.5 Å². The number of anilines is 2. The lowest BCUT2D eigenvalue weighted by atomic mass is 10.2. The molecule has 0 atom stereocenters. The van der Waals surface area contributed by atoms with Crippen molar-refractivity contribution in [3.8, 4) is 0 Å². The zero-order valence-electron chi connectivity index (χ0n) is 15.0. The van der Waals surface area contributed by atoms with Crippen LogP contribution in [0.1, 0.15) is 26.7 Å². The molecule has 0 saturated heterocycles. The van der Waals surface area contributed by atoms with Crippen LogP contribution in [0, 0.1) is 0 Å². The third-order valence-electron chi connectivity index (χ3n) is 3.48. The molecule has 0 radical (unpaired) electrons. The van der Waals surface area contributed by atoms with Crippen LogP contribution in [0.15, 0.2) is 24.3 Å². The van der Waals surface area contributed by atoms with Crippen molar-refractivity contribution in [3.63, 3.8) is 0 Å². The van der Waals surface area contributed by atoms with Crippen LogP contribution in [0.3, 0.4) is 0 Å². The fourth-order valence-corrected chi connectivity index (χ4v) is 2.23. The zero-order valence-corrected chi connectivity index (χ0v) is 15.0. The standard InChI is InChI=1S/C18H28N2O5/c1-3-24-12-10-20(11-13-25-4-2)16-7-5-6-15(14-16)19-17(21)8-9-18(22)23/h5-7,14H,3-4,8-13H2,1-2H3,(H,19,21)(H,22,23). The van der Waals surface area contributed by atoms with E-state index in [1.54, 1.807) is 6.07 Å². The number of hydrogen-bond acceptors (Lipinski definition) is 5. The number of carboxylic acid groups (broad SMARTS) is 1. The highest BCUT2D eigenvalue weighted by atomic mass is 16.5. The van der Waals surface area contributed by atoms with E-state index in [9.17, 15) is 9.59 Å². The van der Waals surface area contributed by atoms with E-state index in [2.05, 4.69) is 10.2 Å². The molecule has 140 valence electrons. The highest BCUT2D eigenvalue weighted by molar-refractivity contribution is 5.92. The predicted octanol–water partition coefficient (Wildman–Crippen LogP) is 2.37. The maximum Gasteiger partial charge on any atom is 0.303 e. The van der Waals surface area contributed by atoms with E-state index >= 15 is 0 Å². The molecule has 0 aliphatic heterocycles. The third-order valence-corrected chi connectivity index (χ3v) is 3.48. The van der Waals surface area contributed by atoms with E-state index in [1.165, 1.54) is 0 Å². The van der Waals surface area contributed by atoms with Crippen LogP contribution in [0.2, 0.25) is 0 Å². The van der Waals surface area contributed by atoms with Gasteiger partial charge in [0, 0.05) is 44.1 Å². The molecule has 0 saturated carbocycles. The second kappa shape index (κ2) is 12.3. The van der Waals surface area contributed by atoms with Crippen molar-refractivity contribution in [2.45, 2.75) is 26.7 Å². The largest absolute Gasteiger partial charge is 0.481 e. The normalized spacial score (nSPS) is 10.5. The molecular weight excluding hydrogens is 324 g/mol. The number of amides is 1. The minimum absolute atomic E-state index is 0.0437. The summed E-state index contributed by atoms with van der Waals surface area (Å²) in [6.45, 7) is 7.90. The first-order chi connectivity index (χ1) is 12.1. The second-order valence-electron chi connectivity index (χ2n) is 5.37. The Labute approximate surface area is 148 Å². The number of carbonyl (C=O) groups is 2. The van der Waals surface area contributed by atoms with Crippen LogP contribution in [0.25, 0.3) is 0 Å². The Morgan fingerprint density at radius 3 is 2.28 bits per heavy atom. The van der Waals surface area contributed by atoms with Crippen molar-refractivity contribution >= 4 is 23.3 Å². The highest BCUT2D eigenvalue weighted by Crippen LogP contribution is 2.19. The number of carbonyl (C=O) groups excluding carboxylic acids is 1. The molecule has 1 aromatic carbocycles. The van der Waals surface area contributed by atoms with Gasteiger partial charge in [-0.05, 0) is 32.0 Å². The van der Waals surface area contributed by atoms with Gasteiger partial charge in [-0.25, -0.2) is 0 Å². The first-order valence-electron chi connectivity index (χ1n) is 8.59. The maximum absolute atomic E-state index is 11.8. The average Bonchev–Trinajstić information content (AvgIpc) is 2.59. The molecule has 1 aromatic rings. The Hall–Kier alpha value is -2.12. The average molecular weight is 352 g/mol. The zero-order chi connectivity index (χ0) is 18.5. The van der Waals surface area contributed by atoms with Gasteiger partial charge in [0.25, 0.3) is 0 Å². The summed E-state index contributed by atoms with van der Waals surface area (Å²) < 4.78 is 10.9. The smallest absolute Gasteiger partial charge is 0.303 e. The molecule has 1 amide bonds. The summed E-state index contributed by atoms with van der Waals surface area (Å²) in [5.41, 5.74) is 1.60. The molecular formula is C18H28N2O5. The summed E-state index contributed by atoms with van der Waals surface area (Å²) in [6.07, 6.45) is -0.224. The Morgan fingerprint density at radius 2 is 1.72 bits per heavy atom. The van der Waals surface area contributed by atoms with Gasteiger partial charge < -0.3 is 24.8 Å². The number of ether oxygens (including phenoxy) is 2. The summed E-state index contributed by atoms with van der Waals surface area (Å²) in [4.78, 5) is 24.5. The third kappa shape index (κ3) is 9.07. The van der Waals surface area contributed by atoms with Gasteiger partial charge in [0.1, 0.15) is 0 Å². The minimum Gasteiger partial charge on any atom is -0.481 e. The van der Waals surface area contributed by atoms with Gasteiger partial charge in [0.05, 0.1) is 19.6 Å². The van der Waals surface area contributed by atoms with Crippen molar-refractivity contribution in [2.75, 3.05) is 49.7 Å². The molecule has 0 heterocycles. The molecule has 2 N–H and O–H groups in total. The van der Waals surface area contributed by atoms with Crippen LogP contribution < -0.4 is 10.2 Å². The Bertz CT molecular complexity index is 526. The molecule has 7 heteroatoms. The van der Waals surface area contributed by atoms with Crippen LogP contribution >= 0.6 is 0 Å². The summed E-state index contributed by atoms with van der Waals surface area (Å²) in [5.74, 6) is -1.29. The molecule has 0 aromatic heterocycles. The van der Waals surface area contributed by atoms with E-state index in [1.807, 2.05) is 32.0 Å². The van der Waals surface area contributed by atoms with Crippen molar-refractivity contribution in [3.05, 3.63) is 24.3 Å². The number of aliphatic carboxylic acids is 1. The van der Waals surface area contributed by atoms with Crippen molar-refractivity contribution in [1.82, 2.24) is 0 Å². The number of hydrogen-bond donors (Lipinski definition) is 2. The summed E-state index contributed by atoms with van der Waals surface area (Å²) in [6, 6.07) is 7.48. The Kier molecular flexibility index (Phi) is 10.3. The van der Waals surface area contributed by atoms with Crippen molar-refractivity contribution < 1.29 is 24.2 Å². The molecule has 25 heavy (non-hydrogen) atoms. The monoisotopic (exact) mass is 352 g/mol. The molecule has 0 unspecified atom stereocenters. The van der Waals surface area contributed by atoms with E-state index in [0.717, 1.165) is 18.8 Å². The van der Waals surface area contributed by atoms with Crippen LogP contribution in [-0.2, 0) is 19.1 Å². The van der Waals surface area contributed by atoms with Crippen LogP contribution in [0.5, 0.6) is 0 Å². The number of nitrogens with one attached hydrogen (secondary N) is 1. The number of benzene rings is 1. The Morgan fingerprint density at radius 1 is 1.08 bits per heavy atom. The number of nitrogens with zero attached hydrogens (tertiary/aromatic N) is 1. The van der Waals surface area contributed by atoms with Gasteiger partial charge in [-0.15, -0.1) is 0 Å². The molecule has 1 rings (SSSR count). The molecule has 0 aliphatic rings. The highest BCUT2D eigenvalue weighted by Gasteiger charge is 2.10. The fraction of sp³-hybridized carbons (Fsp3) is 0.556. The van der Waals surface area contributed by atoms with Gasteiger partial charge >= 0.3 is 5.97 Å². The molecule has 0 fully saturated rings. The van der Waals surface area contributed by atoms with Gasteiger partial charge in [0.2, 0.25) is 5.91 Å². The SMILES string of the molecule is CCOCCN(CCOCC)c1cccc(NC(=O)CCC(=O)O)c1. The quantitative estimate of drug-likeness (QED) is 0.530. The molecule has 7 nitrogen and oxygen atoms in total. The van der Waals surface area contributed by atoms with Crippen LogP contribution in [0.4, 0.5) is 11.4 Å². The number of carboxylic acids is 1. The van der Waals surface area contributed by atoms with E-state index in [0.29, 0.717) is 32.1 Å². The van der Waals surface area contributed by atoms with Gasteiger partial charge in [-0.1, -0.05) is 6.07 Å². The van der Waals surface area contributed by atoms with Gasteiger partial charge in [0.15, 0.2) is 0 Å². The maximum atomic E-state index is 11.8. The minimum atomic E-state index is -0.984. The fourth-order valence-electron chi connectivity index (χ4n) is 2.23. The van der Waals surface area contributed by atoms with Crippen molar-refractivity contribution in [2.24, 2.45) is 0 Å². The molecule has 0 aliphatic carbocycles. The van der Waals surface area contributed by atoms with Gasteiger partial charge in [-0.2, -0.15) is 0 Å². The van der Waals surface area contributed by atoms with Crippen molar-refractivity contribution in [1.29, 1.82) is 0 Å². The topological polar surface area (TPSA) is 88.1 Å². The summed E-state index contributed by atoms with van der Waals surface area (Å²) >= 11 is 0. The predicted molar refractivity (Wildman–Crippen MR) is 97.1 cm³/mol. The lowest BCUT2D eigenvalue weighted by Gasteiger charge is -2.25.